The fraction of sp³-hybridized carbons (Fsp3) is 0.478. The lowest BCUT2D eigenvalue weighted by atomic mass is 10.0. The van der Waals surface area contributed by atoms with Gasteiger partial charge in [-0.15, -0.1) is 0 Å². The molecule has 0 aliphatic carbocycles. The Hall–Kier alpha value is -2.76. The van der Waals surface area contributed by atoms with Crippen LogP contribution in [0.15, 0.2) is 42.6 Å². The van der Waals surface area contributed by atoms with E-state index in [2.05, 4.69) is 29.8 Å². The number of carbonyl (C=O) groups is 1. The molecular weight excluding hydrogens is 366 g/mol. The number of benzene rings is 1. The second kappa shape index (κ2) is 6.94. The van der Waals surface area contributed by atoms with Crippen LogP contribution in [0.5, 0.6) is 11.5 Å². The van der Waals surface area contributed by atoms with Crippen LogP contribution in [-0.4, -0.2) is 53.7 Å². The van der Waals surface area contributed by atoms with E-state index in [1.165, 1.54) is 0 Å². The van der Waals surface area contributed by atoms with Gasteiger partial charge in [-0.3, -0.25) is 4.79 Å². The number of para-hydroxylation sites is 1. The van der Waals surface area contributed by atoms with Gasteiger partial charge < -0.3 is 19.3 Å². The summed E-state index contributed by atoms with van der Waals surface area (Å²) in [5.74, 6) is 3.00. The van der Waals surface area contributed by atoms with Gasteiger partial charge in [-0.2, -0.15) is 0 Å². The van der Waals surface area contributed by atoms with Crippen molar-refractivity contribution >= 4 is 11.7 Å². The number of rotatable bonds is 4. The summed E-state index contributed by atoms with van der Waals surface area (Å²) in [5.41, 5.74) is 0.912. The van der Waals surface area contributed by atoms with Crippen LogP contribution in [0.25, 0.3) is 0 Å². The smallest absolute Gasteiger partial charge is 0.260 e. The summed E-state index contributed by atoms with van der Waals surface area (Å²) in [4.78, 5) is 21.7. The molecule has 152 valence electrons. The summed E-state index contributed by atoms with van der Waals surface area (Å²) in [7, 11) is 0. The zero-order chi connectivity index (χ0) is 20.0. The second-order valence-electron chi connectivity index (χ2n) is 8.87. The van der Waals surface area contributed by atoms with E-state index in [0.29, 0.717) is 11.7 Å². The Morgan fingerprint density at radius 3 is 2.97 bits per heavy atom. The van der Waals surface area contributed by atoms with E-state index in [0.717, 1.165) is 49.6 Å². The zero-order valence-electron chi connectivity index (χ0n) is 17.0. The molecule has 4 heterocycles. The molecule has 2 unspecified atom stereocenters. The number of likely N-dealkylation sites (tertiary alicyclic amines) is 1. The topological polar surface area (TPSA) is 54.9 Å². The lowest BCUT2D eigenvalue weighted by molar-refractivity contribution is -0.134. The lowest BCUT2D eigenvalue weighted by Gasteiger charge is -2.25. The molecule has 2 aromatic rings. The number of carbonyl (C=O) groups excluding carboxylic acids is 1. The van der Waals surface area contributed by atoms with Crippen molar-refractivity contribution in [2.45, 2.75) is 38.3 Å². The average Bonchev–Trinajstić information content (AvgIpc) is 3.37. The highest BCUT2D eigenvalue weighted by atomic mass is 16.5. The number of nitrogens with zero attached hydrogens (tertiary/aromatic N) is 3. The van der Waals surface area contributed by atoms with E-state index in [1.807, 2.05) is 41.4 Å². The molecule has 2 saturated heterocycles. The first-order valence-corrected chi connectivity index (χ1v) is 10.4. The first-order valence-electron chi connectivity index (χ1n) is 10.4. The quantitative estimate of drug-likeness (QED) is 0.800. The van der Waals surface area contributed by atoms with Gasteiger partial charge in [-0.05, 0) is 38.5 Å². The molecule has 1 amide bonds. The molecular formula is C23H27N3O3. The van der Waals surface area contributed by atoms with E-state index < -0.39 is 0 Å². The lowest BCUT2D eigenvalue weighted by Crippen LogP contribution is -2.42. The highest BCUT2D eigenvalue weighted by molar-refractivity contribution is 5.79. The summed E-state index contributed by atoms with van der Waals surface area (Å²) < 4.78 is 12.0. The normalized spacial score (nSPS) is 24.2. The van der Waals surface area contributed by atoms with Gasteiger partial charge >= 0.3 is 0 Å². The van der Waals surface area contributed by atoms with Crippen LogP contribution in [0.4, 0.5) is 5.82 Å². The zero-order valence-corrected chi connectivity index (χ0v) is 17.0. The summed E-state index contributed by atoms with van der Waals surface area (Å²) in [6.45, 7) is 6.80. The Balaban J connectivity index is 1.23. The molecule has 3 aliphatic rings. The third-order valence-corrected chi connectivity index (χ3v) is 6.25. The van der Waals surface area contributed by atoms with Crippen molar-refractivity contribution in [1.29, 1.82) is 0 Å². The van der Waals surface area contributed by atoms with Crippen LogP contribution < -0.4 is 14.4 Å². The predicted molar refractivity (Wildman–Crippen MR) is 110 cm³/mol. The van der Waals surface area contributed by atoms with Gasteiger partial charge in [0.15, 0.2) is 18.1 Å². The molecule has 0 bridgehead atoms. The van der Waals surface area contributed by atoms with Gasteiger partial charge in [0.2, 0.25) is 0 Å². The van der Waals surface area contributed by atoms with Crippen LogP contribution in [0, 0.1) is 5.92 Å². The van der Waals surface area contributed by atoms with Gasteiger partial charge in [0.25, 0.3) is 5.91 Å². The fourth-order valence-corrected chi connectivity index (χ4v) is 4.92. The van der Waals surface area contributed by atoms with Crippen molar-refractivity contribution in [1.82, 2.24) is 9.88 Å². The van der Waals surface area contributed by atoms with Gasteiger partial charge in [0, 0.05) is 43.7 Å². The maximum absolute atomic E-state index is 13.0. The summed E-state index contributed by atoms with van der Waals surface area (Å²) >= 11 is 0. The Kier molecular flexibility index (Phi) is 4.37. The van der Waals surface area contributed by atoms with E-state index in [9.17, 15) is 4.79 Å². The molecule has 0 spiro atoms. The number of fused-ring (bicyclic) bond motifs is 2. The summed E-state index contributed by atoms with van der Waals surface area (Å²) in [6, 6.07) is 12.1. The molecule has 6 heteroatoms. The molecule has 0 N–H and O–H groups in total. The van der Waals surface area contributed by atoms with Crippen molar-refractivity contribution in [3.8, 4) is 11.5 Å². The average molecular weight is 393 g/mol. The van der Waals surface area contributed by atoms with Crippen molar-refractivity contribution in [2.75, 3.05) is 31.1 Å². The van der Waals surface area contributed by atoms with Gasteiger partial charge in [0.1, 0.15) is 11.4 Å². The van der Waals surface area contributed by atoms with E-state index in [-0.39, 0.29) is 24.2 Å². The van der Waals surface area contributed by atoms with E-state index in [4.69, 9.17) is 9.47 Å². The van der Waals surface area contributed by atoms with E-state index in [1.54, 1.807) is 0 Å². The van der Waals surface area contributed by atoms with Gasteiger partial charge in [-0.25, -0.2) is 4.98 Å². The summed E-state index contributed by atoms with van der Waals surface area (Å²) in [5, 5.41) is 0. The molecule has 29 heavy (non-hydrogen) atoms. The van der Waals surface area contributed by atoms with Crippen molar-refractivity contribution in [2.24, 2.45) is 5.92 Å². The Bertz CT molecular complexity index is 915. The maximum Gasteiger partial charge on any atom is 0.260 e. The number of pyridine rings is 1. The predicted octanol–water partition coefficient (Wildman–Crippen LogP) is 2.91. The number of anilines is 1. The minimum Gasteiger partial charge on any atom is -0.483 e. The fourth-order valence-electron chi connectivity index (χ4n) is 4.92. The van der Waals surface area contributed by atoms with Crippen molar-refractivity contribution < 1.29 is 14.3 Å². The van der Waals surface area contributed by atoms with Crippen molar-refractivity contribution in [3.05, 3.63) is 48.2 Å². The highest BCUT2D eigenvalue weighted by Gasteiger charge is 2.43. The molecule has 0 saturated carbocycles. The van der Waals surface area contributed by atoms with Crippen LogP contribution >= 0.6 is 0 Å². The highest BCUT2D eigenvalue weighted by Crippen LogP contribution is 2.42. The first-order chi connectivity index (χ1) is 14.0. The monoisotopic (exact) mass is 393 g/mol. The number of aromatic nitrogens is 1. The number of hydrogen-bond acceptors (Lipinski definition) is 5. The number of amides is 1. The molecule has 3 aliphatic heterocycles. The summed E-state index contributed by atoms with van der Waals surface area (Å²) in [6.07, 6.45) is 3.71. The number of hydrogen-bond donors (Lipinski definition) is 0. The van der Waals surface area contributed by atoms with Crippen LogP contribution in [0.3, 0.4) is 0 Å². The van der Waals surface area contributed by atoms with Crippen LogP contribution in [-0.2, 0) is 11.2 Å². The second-order valence-corrected chi connectivity index (χ2v) is 8.87. The Morgan fingerprint density at radius 1 is 1.24 bits per heavy atom. The first kappa shape index (κ1) is 18.3. The minimum absolute atomic E-state index is 0.0487. The molecule has 1 aromatic heterocycles. The van der Waals surface area contributed by atoms with Gasteiger partial charge in [-0.1, -0.05) is 18.2 Å². The molecule has 2 fully saturated rings. The Morgan fingerprint density at radius 2 is 2.14 bits per heavy atom. The molecule has 1 aromatic carbocycles. The van der Waals surface area contributed by atoms with Crippen LogP contribution in [0.1, 0.15) is 25.8 Å². The third-order valence-electron chi connectivity index (χ3n) is 6.25. The molecule has 0 radical (unpaired) electrons. The minimum atomic E-state index is -0.229. The SMILES string of the molecule is CC1(C)Cc2cccc(OCC(=O)N3CCC4CN(c5ccccn5)CC43)c2O1. The van der Waals surface area contributed by atoms with E-state index >= 15 is 0 Å². The van der Waals surface area contributed by atoms with Crippen LogP contribution in [0.2, 0.25) is 0 Å². The Labute approximate surface area is 171 Å². The molecule has 2 atom stereocenters. The third kappa shape index (κ3) is 3.41. The largest absolute Gasteiger partial charge is 0.483 e. The molecule has 6 nitrogen and oxygen atoms in total. The molecule has 5 rings (SSSR count). The standard InChI is InChI=1S/C23H27N3O3/c1-23(2)12-16-6-5-7-19(22(16)29-23)28-15-21(27)26-11-9-17-13-25(14-18(17)26)20-8-3-4-10-24-20/h3-8,10,17-18H,9,11-15H2,1-2H3. The van der Waals surface area contributed by atoms with Crippen molar-refractivity contribution in [3.63, 3.8) is 0 Å². The maximum atomic E-state index is 13.0. The van der Waals surface area contributed by atoms with Gasteiger partial charge in [0.05, 0.1) is 6.04 Å². The number of ether oxygens (including phenoxy) is 2.